The van der Waals surface area contributed by atoms with E-state index in [2.05, 4.69) is 4.98 Å². The quantitative estimate of drug-likeness (QED) is 0.343. The molecule has 8 heteroatoms. The van der Waals surface area contributed by atoms with Crippen LogP contribution in [-0.2, 0) is 11.2 Å². The van der Waals surface area contributed by atoms with Gasteiger partial charge in [0, 0.05) is 31.1 Å². The first-order valence-corrected chi connectivity index (χ1v) is 10.9. The van der Waals surface area contributed by atoms with E-state index in [0.717, 1.165) is 36.0 Å². The lowest BCUT2D eigenvalue weighted by Crippen LogP contribution is -2.47. The summed E-state index contributed by atoms with van der Waals surface area (Å²) in [5.74, 6) is 0.670. The van der Waals surface area contributed by atoms with Crippen molar-refractivity contribution >= 4 is 11.8 Å². The Hall–Kier alpha value is -3.94. The maximum absolute atomic E-state index is 12.3. The van der Waals surface area contributed by atoms with Crippen LogP contribution in [0.25, 0.3) is 11.1 Å². The molecule has 0 bridgehead atoms. The molecule has 2 aromatic carbocycles. The Bertz CT molecular complexity index is 1090. The average molecular weight is 447 g/mol. The molecule has 1 amide bonds. The molecule has 8 nitrogen and oxygen atoms in total. The number of hydrogen-bond acceptors (Lipinski definition) is 6. The van der Waals surface area contributed by atoms with E-state index >= 15 is 0 Å². The summed E-state index contributed by atoms with van der Waals surface area (Å²) < 4.78 is 11.3. The number of nitro benzene ring substituents is 1. The Balaban J connectivity index is 1.42. The molecule has 170 valence electrons. The first-order valence-electron chi connectivity index (χ1n) is 10.9. The van der Waals surface area contributed by atoms with E-state index in [9.17, 15) is 14.9 Å². The van der Waals surface area contributed by atoms with Crippen LogP contribution in [0.1, 0.15) is 18.4 Å². The van der Waals surface area contributed by atoms with Crippen LogP contribution in [0.4, 0.5) is 10.5 Å². The van der Waals surface area contributed by atoms with Crippen LogP contribution >= 0.6 is 0 Å². The highest BCUT2D eigenvalue weighted by molar-refractivity contribution is 5.69. The van der Waals surface area contributed by atoms with Gasteiger partial charge in [0.25, 0.3) is 5.69 Å². The number of rotatable bonds is 9. The fourth-order valence-electron chi connectivity index (χ4n) is 3.85. The highest BCUT2D eigenvalue weighted by Gasteiger charge is 2.28. The number of benzene rings is 2. The molecule has 0 N–H and O–H groups in total. The van der Waals surface area contributed by atoms with Crippen molar-refractivity contribution in [3.05, 3.63) is 88.7 Å². The Morgan fingerprint density at radius 3 is 2.61 bits per heavy atom. The van der Waals surface area contributed by atoms with Crippen LogP contribution in [-0.4, -0.2) is 46.7 Å². The van der Waals surface area contributed by atoms with E-state index in [1.54, 1.807) is 29.4 Å². The third kappa shape index (κ3) is 5.85. The minimum atomic E-state index is -0.404. The van der Waals surface area contributed by atoms with Crippen LogP contribution < -0.4 is 4.74 Å². The normalized spacial score (nSPS) is 14.4. The van der Waals surface area contributed by atoms with Crippen LogP contribution in [0.2, 0.25) is 0 Å². The number of cyclic esters (lactones) is 1. The highest BCUT2D eigenvalue weighted by atomic mass is 16.6. The number of pyridine rings is 1. The van der Waals surface area contributed by atoms with E-state index in [1.807, 2.05) is 42.5 Å². The Morgan fingerprint density at radius 2 is 1.88 bits per heavy atom. The second kappa shape index (κ2) is 10.6. The summed E-state index contributed by atoms with van der Waals surface area (Å²) in [6.45, 7) is 1.44. The standard InChI is InChI=1S/C25H25N3O5/c29-25-27(15-2-16-32-25)23(8-5-19-11-13-26-14-12-19)18-33-24-9-6-20(7-10-24)21-3-1-4-22(17-21)28(30)31/h1,3-4,6-7,9-14,17,23H,2,5,8,15-16,18H2. The zero-order valence-corrected chi connectivity index (χ0v) is 18.1. The molecule has 3 aromatic rings. The fraction of sp³-hybridized carbons (Fsp3) is 0.280. The van der Waals surface area contributed by atoms with Crippen molar-refractivity contribution in [3.8, 4) is 16.9 Å². The lowest BCUT2D eigenvalue weighted by molar-refractivity contribution is -0.384. The summed E-state index contributed by atoms with van der Waals surface area (Å²) in [7, 11) is 0. The molecule has 0 radical (unpaired) electrons. The summed E-state index contributed by atoms with van der Waals surface area (Å²) in [5, 5.41) is 11.0. The first-order chi connectivity index (χ1) is 16.1. The fourth-order valence-corrected chi connectivity index (χ4v) is 3.85. The van der Waals surface area contributed by atoms with Gasteiger partial charge in [0.2, 0.25) is 0 Å². The number of amides is 1. The molecule has 0 saturated carbocycles. The minimum Gasteiger partial charge on any atom is -0.491 e. The van der Waals surface area contributed by atoms with E-state index in [1.165, 1.54) is 6.07 Å². The highest BCUT2D eigenvalue weighted by Crippen LogP contribution is 2.26. The molecule has 1 aromatic heterocycles. The molecule has 2 heterocycles. The average Bonchev–Trinajstić information content (AvgIpc) is 2.86. The zero-order valence-electron chi connectivity index (χ0n) is 18.1. The molecule has 1 saturated heterocycles. The molecule has 4 rings (SSSR count). The lowest BCUT2D eigenvalue weighted by atomic mass is 10.0. The monoisotopic (exact) mass is 447 g/mol. The molecular weight excluding hydrogens is 422 g/mol. The van der Waals surface area contributed by atoms with Crippen molar-refractivity contribution in [2.45, 2.75) is 25.3 Å². The molecule has 0 spiro atoms. The smallest absolute Gasteiger partial charge is 0.410 e. The lowest BCUT2D eigenvalue weighted by Gasteiger charge is -2.33. The molecule has 1 fully saturated rings. The Labute approximate surface area is 191 Å². The van der Waals surface area contributed by atoms with Crippen molar-refractivity contribution in [1.82, 2.24) is 9.88 Å². The predicted octanol–water partition coefficient (Wildman–Crippen LogP) is 4.88. The SMILES string of the molecule is O=C1OCCCN1C(CCc1ccncc1)COc1ccc(-c2cccc([N+](=O)[O-])c2)cc1. The molecule has 1 atom stereocenters. The number of nitro groups is 1. The first kappa shape index (κ1) is 22.3. The van der Waals surface area contributed by atoms with Gasteiger partial charge in [0.05, 0.1) is 17.6 Å². The topological polar surface area (TPSA) is 94.8 Å². The number of hydrogen-bond donors (Lipinski definition) is 0. The zero-order chi connectivity index (χ0) is 23.0. The van der Waals surface area contributed by atoms with Gasteiger partial charge in [-0.3, -0.25) is 15.1 Å². The van der Waals surface area contributed by atoms with Gasteiger partial charge in [-0.2, -0.15) is 0 Å². The van der Waals surface area contributed by atoms with Crippen LogP contribution in [0.5, 0.6) is 5.75 Å². The molecule has 33 heavy (non-hydrogen) atoms. The van der Waals surface area contributed by atoms with Gasteiger partial charge in [-0.25, -0.2) is 4.79 Å². The van der Waals surface area contributed by atoms with Crippen molar-refractivity contribution < 1.29 is 19.2 Å². The van der Waals surface area contributed by atoms with E-state index in [0.29, 0.717) is 25.5 Å². The number of aryl methyl sites for hydroxylation is 1. The summed E-state index contributed by atoms with van der Waals surface area (Å²) in [6.07, 6.45) is 5.56. The second-order valence-electron chi connectivity index (χ2n) is 7.85. The largest absolute Gasteiger partial charge is 0.491 e. The number of ether oxygens (including phenoxy) is 2. The second-order valence-corrected chi connectivity index (χ2v) is 7.85. The van der Waals surface area contributed by atoms with E-state index in [4.69, 9.17) is 9.47 Å². The number of carbonyl (C=O) groups excluding carboxylic acids is 1. The van der Waals surface area contributed by atoms with Gasteiger partial charge in [-0.05, 0) is 60.2 Å². The Morgan fingerprint density at radius 1 is 1.09 bits per heavy atom. The van der Waals surface area contributed by atoms with Crippen molar-refractivity contribution in [2.24, 2.45) is 0 Å². The predicted molar refractivity (Wildman–Crippen MR) is 123 cm³/mol. The number of nitrogens with zero attached hydrogens (tertiary/aromatic N) is 3. The van der Waals surface area contributed by atoms with Crippen molar-refractivity contribution in [1.29, 1.82) is 0 Å². The molecule has 1 aliphatic heterocycles. The number of carbonyl (C=O) groups is 1. The molecular formula is C25H25N3O5. The summed E-state index contributed by atoms with van der Waals surface area (Å²) in [5.41, 5.74) is 2.84. The van der Waals surface area contributed by atoms with Crippen LogP contribution in [0, 0.1) is 10.1 Å². The third-order valence-electron chi connectivity index (χ3n) is 5.65. The van der Waals surface area contributed by atoms with E-state index in [-0.39, 0.29) is 17.8 Å². The van der Waals surface area contributed by atoms with Crippen LogP contribution in [0.15, 0.2) is 73.1 Å². The van der Waals surface area contributed by atoms with Crippen molar-refractivity contribution in [2.75, 3.05) is 19.8 Å². The summed E-state index contributed by atoms with van der Waals surface area (Å²) in [4.78, 5) is 28.8. The van der Waals surface area contributed by atoms with Gasteiger partial charge < -0.3 is 14.4 Å². The Kier molecular flexibility index (Phi) is 7.14. The van der Waals surface area contributed by atoms with Gasteiger partial charge in [-0.1, -0.05) is 24.3 Å². The summed E-state index contributed by atoms with van der Waals surface area (Å²) >= 11 is 0. The number of non-ortho nitro benzene ring substituents is 1. The van der Waals surface area contributed by atoms with Gasteiger partial charge >= 0.3 is 6.09 Å². The third-order valence-corrected chi connectivity index (χ3v) is 5.65. The molecule has 1 unspecified atom stereocenters. The van der Waals surface area contributed by atoms with E-state index < -0.39 is 4.92 Å². The summed E-state index contributed by atoms with van der Waals surface area (Å²) in [6, 6.07) is 17.8. The van der Waals surface area contributed by atoms with Gasteiger partial charge in [-0.15, -0.1) is 0 Å². The van der Waals surface area contributed by atoms with Gasteiger partial charge in [0.15, 0.2) is 0 Å². The van der Waals surface area contributed by atoms with Crippen molar-refractivity contribution in [3.63, 3.8) is 0 Å². The number of aromatic nitrogens is 1. The van der Waals surface area contributed by atoms with Crippen LogP contribution in [0.3, 0.4) is 0 Å². The van der Waals surface area contributed by atoms with Gasteiger partial charge in [0.1, 0.15) is 12.4 Å². The minimum absolute atomic E-state index is 0.0540. The maximum atomic E-state index is 12.3. The molecule has 1 aliphatic rings. The molecule has 0 aliphatic carbocycles. The maximum Gasteiger partial charge on any atom is 0.410 e.